The molecule has 134 valence electrons. The molecule has 0 amide bonds. The Morgan fingerprint density at radius 3 is 2.58 bits per heavy atom. The molecule has 0 saturated heterocycles. The van der Waals surface area contributed by atoms with Crippen molar-refractivity contribution in [2.45, 2.75) is 18.4 Å². The largest absolute Gasteiger partial charge is 0.415 e. The Morgan fingerprint density at radius 1 is 1.27 bits per heavy atom. The van der Waals surface area contributed by atoms with Gasteiger partial charge in [-0.2, -0.15) is 14.0 Å². The van der Waals surface area contributed by atoms with Crippen molar-refractivity contribution >= 4 is 20.7 Å². The van der Waals surface area contributed by atoms with Crippen molar-refractivity contribution in [2.75, 3.05) is 6.26 Å². The number of ether oxygens (including phenoxy) is 1. The fraction of sp³-hybridized carbons (Fsp3) is 0.176. The van der Waals surface area contributed by atoms with Gasteiger partial charge in [0.1, 0.15) is 0 Å². The summed E-state index contributed by atoms with van der Waals surface area (Å²) < 4.78 is 53.4. The molecule has 0 saturated carbocycles. The number of halogens is 2. The van der Waals surface area contributed by atoms with Crippen LogP contribution in [-0.4, -0.2) is 31.5 Å². The summed E-state index contributed by atoms with van der Waals surface area (Å²) >= 11 is 0. The molecule has 26 heavy (non-hydrogen) atoms. The van der Waals surface area contributed by atoms with Crippen LogP contribution < -0.4 is 4.74 Å². The molecule has 0 fully saturated rings. The summed E-state index contributed by atoms with van der Waals surface area (Å²) in [5.74, 6) is -0.327. The highest BCUT2D eigenvalue weighted by Crippen LogP contribution is 2.38. The predicted octanol–water partition coefficient (Wildman–Crippen LogP) is 3.41. The van der Waals surface area contributed by atoms with E-state index in [1.807, 2.05) is 6.07 Å². The number of fused-ring (bicyclic) bond motifs is 1. The average Bonchev–Trinajstić information content (AvgIpc) is 2.95. The van der Waals surface area contributed by atoms with Gasteiger partial charge in [0.2, 0.25) is 5.88 Å². The van der Waals surface area contributed by atoms with Gasteiger partial charge in [-0.1, -0.05) is 12.1 Å². The fourth-order valence-corrected chi connectivity index (χ4v) is 3.83. The molecule has 0 unspecified atom stereocenters. The van der Waals surface area contributed by atoms with E-state index >= 15 is 0 Å². The van der Waals surface area contributed by atoms with Gasteiger partial charge in [-0.3, -0.25) is 5.10 Å². The number of nitriles is 1. The van der Waals surface area contributed by atoms with E-state index in [2.05, 4.69) is 14.9 Å². The van der Waals surface area contributed by atoms with Crippen LogP contribution in [0.5, 0.6) is 5.88 Å². The zero-order chi connectivity index (χ0) is 19.1. The summed E-state index contributed by atoms with van der Waals surface area (Å²) in [5, 5.41) is 16.0. The van der Waals surface area contributed by atoms with Gasteiger partial charge in [0.05, 0.1) is 27.4 Å². The van der Waals surface area contributed by atoms with E-state index in [9.17, 15) is 22.5 Å². The third-order valence-corrected chi connectivity index (χ3v) is 5.14. The Hall–Kier alpha value is -2.99. The molecule has 0 aliphatic rings. The maximum atomic E-state index is 12.7. The molecular weight excluding hydrogens is 364 g/mol. The molecule has 2 aromatic carbocycles. The SMILES string of the molecule is Cc1cc(-c2c(C#N)ccc3[nH]nc(OC(F)F)c23)ccc1S(C)(=O)=O. The van der Waals surface area contributed by atoms with Crippen molar-refractivity contribution < 1.29 is 21.9 Å². The number of nitrogens with zero attached hydrogens (tertiary/aromatic N) is 2. The molecule has 0 spiro atoms. The second-order valence-corrected chi connectivity index (χ2v) is 7.67. The summed E-state index contributed by atoms with van der Waals surface area (Å²) in [7, 11) is -3.41. The highest BCUT2D eigenvalue weighted by Gasteiger charge is 2.20. The van der Waals surface area contributed by atoms with Crippen LogP contribution in [0.1, 0.15) is 11.1 Å². The Balaban J connectivity index is 2.32. The van der Waals surface area contributed by atoms with E-state index in [4.69, 9.17) is 0 Å². The lowest BCUT2D eigenvalue weighted by Crippen LogP contribution is -2.03. The minimum absolute atomic E-state index is 0.156. The van der Waals surface area contributed by atoms with Crippen molar-refractivity contribution in [3.8, 4) is 23.1 Å². The Morgan fingerprint density at radius 2 is 2.00 bits per heavy atom. The maximum absolute atomic E-state index is 12.7. The summed E-state index contributed by atoms with van der Waals surface area (Å²) in [6.07, 6.45) is 1.10. The van der Waals surface area contributed by atoms with E-state index in [0.717, 1.165) is 6.26 Å². The third-order valence-electron chi connectivity index (χ3n) is 3.88. The van der Waals surface area contributed by atoms with E-state index in [1.54, 1.807) is 19.1 Å². The summed E-state index contributed by atoms with van der Waals surface area (Å²) in [5.41, 5.74) is 1.96. The topological polar surface area (TPSA) is 95.8 Å². The normalized spacial score (nSPS) is 11.7. The van der Waals surface area contributed by atoms with Gasteiger partial charge in [0.15, 0.2) is 9.84 Å². The molecule has 1 N–H and O–H groups in total. The number of H-pyrrole nitrogens is 1. The van der Waals surface area contributed by atoms with Gasteiger partial charge >= 0.3 is 6.61 Å². The van der Waals surface area contributed by atoms with Crippen molar-refractivity contribution in [3.05, 3.63) is 41.5 Å². The number of hydrogen-bond acceptors (Lipinski definition) is 5. The highest BCUT2D eigenvalue weighted by molar-refractivity contribution is 7.90. The monoisotopic (exact) mass is 377 g/mol. The van der Waals surface area contributed by atoms with Crippen LogP contribution in [-0.2, 0) is 9.84 Å². The van der Waals surface area contributed by atoms with Crippen LogP contribution in [0.15, 0.2) is 35.2 Å². The lowest BCUT2D eigenvalue weighted by molar-refractivity contribution is -0.0518. The molecule has 0 radical (unpaired) electrons. The Labute approximate surface area is 147 Å². The van der Waals surface area contributed by atoms with Gasteiger partial charge in [0, 0.05) is 11.8 Å². The summed E-state index contributed by atoms with van der Waals surface area (Å²) in [6.45, 7) is -1.45. The first-order valence-electron chi connectivity index (χ1n) is 7.39. The standard InChI is InChI=1S/C17H13F2N3O3S/c1-9-7-10(4-6-13(9)26(2,23)24)14-11(8-20)3-5-12-15(14)16(22-21-12)25-17(18)19/h3-7,17H,1-2H3,(H,21,22). The quantitative estimate of drug-likeness (QED) is 0.752. The zero-order valence-electron chi connectivity index (χ0n) is 13.7. The highest BCUT2D eigenvalue weighted by atomic mass is 32.2. The number of sulfone groups is 1. The Kier molecular flexibility index (Phi) is 4.38. The fourth-order valence-electron chi connectivity index (χ4n) is 2.87. The summed E-state index contributed by atoms with van der Waals surface area (Å²) in [6, 6.07) is 9.63. The molecule has 1 aromatic heterocycles. The molecule has 3 aromatic rings. The number of aromatic nitrogens is 2. The molecule has 0 aliphatic heterocycles. The number of aryl methyl sites for hydroxylation is 1. The number of benzene rings is 2. The number of aromatic amines is 1. The van der Waals surface area contributed by atoms with Crippen molar-refractivity contribution in [1.82, 2.24) is 10.2 Å². The van der Waals surface area contributed by atoms with Crippen LogP contribution in [0.3, 0.4) is 0 Å². The predicted molar refractivity (Wildman–Crippen MR) is 90.7 cm³/mol. The van der Waals surface area contributed by atoms with E-state index in [-0.39, 0.29) is 21.7 Å². The first-order chi connectivity index (χ1) is 12.2. The van der Waals surface area contributed by atoms with Crippen molar-refractivity contribution in [3.63, 3.8) is 0 Å². The Bertz CT molecular complexity index is 1150. The molecule has 0 bridgehead atoms. The first kappa shape index (κ1) is 17.8. The lowest BCUT2D eigenvalue weighted by Gasteiger charge is -2.11. The van der Waals surface area contributed by atoms with Crippen LogP contribution in [0.4, 0.5) is 8.78 Å². The van der Waals surface area contributed by atoms with Gasteiger partial charge < -0.3 is 4.74 Å². The number of alkyl halides is 2. The van der Waals surface area contributed by atoms with Crippen LogP contribution in [0.2, 0.25) is 0 Å². The van der Waals surface area contributed by atoms with Crippen LogP contribution in [0, 0.1) is 18.3 Å². The third kappa shape index (κ3) is 3.11. The molecule has 9 heteroatoms. The number of nitrogens with one attached hydrogen (secondary N) is 1. The average molecular weight is 377 g/mol. The van der Waals surface area contributed by atoms with Crippen LogP contribution in [0.25, 0.3) is 22.0 Å². The molecule has 1 heterocycles. The molecule has 0 aliphatic carbocycles. The number of hydrogen-bond donors (Lipinski definition) is 1. The molecule has 3 rings (SSSR count). The smallest absolute Gasteiger partial charge is 0.388 e. The maximum Gasteiger partial charge on any atom is 0.388 e. The molecular formula is C17H13F2N3O3S. The molecule has 6 nitrogen and oxygen atoms in total. The van der Waals surface area contributed by atoms with E-state index in [1.165, 1.54) is 18.2 Å². The molecule has 0 atom stereocenters. The van der Waals surface area contributed by atoms with Gasteiger partial charge in [0.25, 0.3) is 0 Å². The van der Waals surface area contributed by atoms with E-state index < -0.39 is 16.4 Å². The van der Waals surface area contributed by atoms with Gasteiger partial charge in [-0.25, -0.2) is 8.42 Å². The first-order valence-corrected chi connectivity index (χ1v) is 9.28. The van der Waals surface area contributed by atoms with Gasteiger partial charge in [-0.15, -0.1) is 5.10 Å². The van der Waals surface area contributed by atoms with Gasteiger partial charge in [-0.05, 0) is 36.2 Å². The minimum atomic E-state index is -3.41. The van der Waals surface area contributed by atoms with Crippen molar-refractivity contribution in [1.29, 1.82) is 5.26 Å². The lowest BCUT2D eigenvalue weighted by atomic mass is 9.95. The zero-order valence-corrected chi connectivity index (χ0v) is 14.6. The summed E-state index contributed by atoms with van der Waals surface area (Å²) in [4.78, 5) is 0.156. The van der Waals surface area contributed by atoms with Crippen molar-refractivity contribution in [2.24, 2.45) is 0 Å². The second-order valence-electron chi connectivity index (χ2n) is 5.68. The van der Waals surface area contributed by atoms with Crippen LogP contribution >= 0.6 is 0 Å². The van der Waals surface area contributed by atoms with E-state index in [0.29, 0.717) is 22.2 Å². The second kappa shape index (κ2) is 6.38. The number of rotatable bonds is 4. The minimum Gasteiger partial charge on any atom is -0.415 e.